The molecule has 3 atom stereocenters. The second kappa shape index (κ2) is 22.3. The summed E-state index contributed by atoms with van der Waals surface area (Å²) >= 11 is 0. The van der Waals surface area contributed by atoms with Gasteiger partial charge in [0, 0.05) is 49.1 Å². The number of carbonyl (C=O) groups is 2. The topological polar surface area (TPSA) is 135 Å². The van der Waals surface area contributed by atoms with Crippen molar-refractivity contribution in [3.8, 4) is 0 Å². The van der Waals surface area contributed by atoms with Crippen LogP contribution in [0.15, 0.2) is 24.3 Å². The zero-order chi connectivity index (χ0) is 33.1. The first-order valence-electron chi connectivity index (χ1n) is 16.3. The van der Waals surface area contributed by atoms with Gasteiger partial charge in [-0.05, 0) is 46.0 Å². The summed E-state index contributed by atoms with van der Waals surface area (Å²) in [5, 5.41) is 0. The Labute approximate surface area is 262 Å². The average molecular weight is 649 g/mol. The summed E-state index contributed by atoms with van der Waals surface area (Å²) in [4.78, 5) is 59.3. The maximum Gasteiger partial charge on any atom is 0.327 e. The molecule has 0 bridgehead atoms. The van der Waals surface area contributed by atoms with Crippen LogP contribution in [0.5, 0.6) is 0 Å². The molecule has 0 rings (SSSR count). The maximum absolute atomic E-state index is 13.1. The standard InChI is InChI=1S/C32H62N2O7P2/c1-8-10-12-14-17-21-29(25-42(7,37)38)33(31(35)27(3)4)23-19-16-20-24-34(32(36)28(5)6)30(26-43(39,40)41)22-18-15-13-11-9-2/h29-30H,3,5,8-26H2,1-2,4,6-7H3,(H,37,38)(H2,39,40,41). The largest absolute Gasteiger partial charge is 0.344 e. The minimum Gasteiger partial charge on any atom is -0.344 e. The van der Waals surface area contributed by atoms with Gasteiger partial charge in [-0.3, -0.25) is 18.7 Å². The third kappa shape index (κ3) is 20.4. The molecule has 43 heavy (non-hydrogen) atoms. The highest BCUT2D eigenvalue weighted by Crippen LogP contribution is 2.39. The number of carbonyl (C=O) groups excluding carboxylic acids is 2. The molecular formula is C32H62N2O7P2. The van der Waals surface area contributed by atoms with Gasteiger partial charge in [0.15, 0.2) is 7.37 Å². The first-order chi connectivity index (χ1) is 20.0. The predicted molar refractivity (Wildman–Crippen MR) is 179 cm³/mol. The van der Waals surface area contributed by atoms with Gasteiger partial charge in [0.05, 0.1) is 6.16 Å². The fourth-order valence-electron chi connectivity index (χ4n) is 5.46. The number of hydrogen-bond donors (Lipinski definition) is 3. The van der Waals surface area contributed by atoms with E-state index in [1.165, 1.54) is 6.66 Å². The van der Waals surface area contributed by atoms with E-state index < -0.39 is 21.0 Å². The van der Waals surface area contributed by atoms with E-state index in [4.69, 9.17) is 0 Å². The Morgan fingerprint density at radius 2 is 0.977 bits per heavy atom. The quantitative estimate of drug-likeness (QED) is 0.0502. The van der Waals surface area contributed by atoms with Gasteiger partial charge in [-0.25, -0.2) is 0 Å². The smallest absolute Gasteiger partial charge is 0.327 e. The number of unbranched alkanes of at least 4 members (excludes halogenated alkanes) is 10. The lowest BCUT2D eigenvalue weighted by atomic mass is 10.0. The summed E-state index contributed by atoms with van der Waals surface area (Å²) < 4.78 is 24.4. The van der Waals surface area contributed by atoms with Gasteiger partial charge in [0.2, 0.25) is 11.8 Å². The van der Waals surface area contributed by atoms with E-state index in [-0.39, 0.29) is 30.2 Å². The molecule has 2 amide bonds. The van der Waals surface area contributed by atoms with Crippen LogP contribution in [0.25, 0.3) is 0 Å². The highest BCUT2D eigenvalue weighted by molar-refractivity contribution is 7.57. The normalized spacial score (nSPS) is 14.5. The van der Waals surface area contributed by atoms with E-state index in [9.17, 15) is 33.4 Å². The van der Waals surface area contributed by atoms with Gasteiger partial charge < -0.3 is 24.5 Å². The zero-order valence-corrected chi connectivity index (χ0v) is 29.6. The minimum atomic E-state index is -4.35. The lowest BCUT2D eigenvalue weighted by molar-refractivity contribution is -0.129. The Hall–Kier alpha value is -1.24. The number of rotatable bonds is 26. The molecule has 3 N–H and O–H groups in total. The van der Waals surface area contributed by atoms with Crippen LogP contribution >= 0.6 is 15.0 Å². The second-order valence-electron chi connectivity index (χ2n) is 12.4. The van der Waals surface area contributed by atoms with Crippen LogP contribution in [0.2, 0.25) is 0 Å². The summed E-state index contributed by atoms with van der Waals surface area (Å²) in [7, 11) is -7.72. The van der Waals surface area contributed by atoms with E-state index in [1.807, 2.05) is 0 Å². The van der Waals surface area contributed by atoms with E-state index in [1.54, 1.807) is 23.6 Å². The van der Waals surface area contributed by atoms with Gasteiger partial charge >= 0.3 is 7.60 Å². The van der Waals surface area contributed by atoms with E-state index in [0.717, 1.165) is 64.2 Å². The molecule has 0 saturated heterocycles. The molecule has 0 fully saturated rings. The summed E-state index contributed by atoms with van der Waals surface area (Å²) in [6.45, 7) is 17.2. The van der Waals surface area contributed by atoms with Crippen molar-refractivity contribution in [2.24, 2.45) is 0 Å². The van der Waals surface area contributed by atoms with E-state index >= 15 is 0 Å². The first kappa shape index (κ1) is 41.8. The Balaban J connectivity index is 5.54. The summed E-state index contributed by atoms with van der Waals surface area (Å²) in [6.07, 6.45) is 13.0. The van der Waals surface area contributed by atoms with Crippen LogP contribution in [0.4, 0.5) is 0 Å². The SMILES string of the molecule is C=C(C)C(=O)N(CCCCCN(C(=O)C(=C)C)C(CCCCCCC)CP(=O)(O)O)C(CCCCCCC)CP(C)(=O)O. The Bertz CT molecular complexity index is 870. The zero-order valence-electron chi connectivity index (χ0n) is 27.8. The number of amides is 2. The van der Waals surface area contributed by atoms with Crippen LogP contribution in [-0.4, -0.2) is 80.5 Å². The molecule has 3 unspecified atom stereocenters. The monoisotopic (exact) mass is 648 g/mol. The van der Waals surface area contributed by atoms with Crippen LogP contribution in [0, 0.1) is 0 Å². The molecule has 0 aliphatic heterocycles. The lowest BCUT2D eigenvalue weighted by Crippen LogP contribution is -2.44. The highest BCUT2D eigenvalue weighted by Gasteiger charge is 2.31. The molecule has 0 radical (unpaired) electrons. The van der Waals surface area contributed by atoms with Gasteiger partial charge in [0.25, 0.3) is 0 Å². The molecule has 0 aromatic heterocycles. The van der Waals surface area contributed by atoms with Crippen LogP contribution in [0.1, 0.15) is 124 Å². The van der Waals surface area contributed by atoms with Crippen molar-refractivity contribution < 1.29 is 33.4 Å². The van der Waals surface area contributed by atoms with E-state index in [0.29, 0.717) is 56.3 Å². The van der Waals surface area contributed by atoms with Crippen LogP contribution < -0.4 is 0 Å². The molecule has 11 heteroatoms. The van der Waals surface area contributed by atoms with E-state index in [2.05, 4.69) is 27.0 Å². The lowest BCUT2D eigenvalue weighted by Gasteiger charge is -2.34. The number of nitrogens with zero attached hydrogens (tertiary/aromatic N) is 2. The van der Waals surface area contributed by atoms with Crippen LogP contribution in [0.3, 0.4) is 0 Å². The second-order valence-corrected chi connectivity index (χ2v) is 16.6. The predicted octanol–water partition coefficient (Wildman–Crippen LogP) is 7.50. The average Bonchev–Trinajstić information content (AvgIpc) is 2.89. The third-order valence-corrected chi connectivity index (χ3v) is 9.71. The van der Waals surface area contributed by atoms with Crippen molar-refractivity contribution >= 4 is 26.8 Å². The highest BCUT2D eigenvalue weighted by atomic mass is 31.2. The first-order valence-corrected chi connectivity index (χ1v) is 20.4. The third-order valence-electron chi connectivity index (χ3n) is 7.71. The summed E-state index contributed by atoms with van der Waals surface area (Å²) in [5.41, 5.74) is 0.715. The molecular weight excluding hydrogens is 586 g/mol. The molecule has 0 aromatic carbocycles. The maximum atomic E-state index is 13.1. The molecule has 0 aliphatic rings. The molecule has 0 saturated carbocycles. The Morgan fingerprint density at radius 1 is 0.628 bits per heavy atom. The van der Waals surface area contributed by atoms with Gasteiger partial charge in [-0.15, -0.1) is 0 Å². The van der Waals surface area contributed by atoms with Crippen molar-refractivity contribution in [2.75, 3.05) is 32.1 Å². The fourth-order valence-corrected chi connectivity index (χ4v) is 7.55. The minimum absolute atomic E-state index is 0.0446. The van der Waals surface area contributed by atoms with Crippen molar-refractivity contribution in [3.05, 3.63) is 24.3 Å². The fraction of sp³-hybridized carbons (Fsp3) is 0.812. The molecule has 0 spiro atoms. The molecule has 0 aromatic rings. The summed E-state index contributed by atoms with van der Waals surface area (Å²) in [6, 6.07) is -0.929. The van der Waals surface area contributed by atoms with Gasteiger partial charge in [-0.2, -0.15) is 0 Å². The molecule has 0 aliphatic carbocycles. The molecule has 9 nitrogen and oxygen atoms in total. The Kier molecular flexibility index (Phi) is 21.7. The molecule has 0 heterocycles. The number of hydrogen-bond acceptors (Lipinski definition) is 4. The van der Waals surface area contributed by atoms with Gasteiger partial charge in [-0.1, -0.05) is 91.2 Å². The van der Waals surface area contributed by atoms with Crippen molar-refractivity contribution in [1.82, 2.24) is 9.80 Å². The van der Waals surface area contributed by atoms with Crippen molar-refractivity contribution in [2.45, 2.75) is 136 Å². The van der Waals surface area contributed by atoms with Crippen molar-refractivity contribution in [3.63, 3.8) is 0 Å². The Morgan fingerprint density at radius 3 is 1.30 bits per heavy atom. The summed E-state index contributed by atoms with van der Waals surface area (Å²) in [5.74, 6) is -0.508. The van der Waals surface area contributed by atoms with Crippen LogP contribution in [-0.2, 0) is 18.7 Å². The van der Waals surface area contributed by atoms with Crippen molar-refractivity contribution in [1.29, 1.82) is 0 Å². The van der Waals surface area contributed by atoms with Gasteiger partial charge in [0.1, 0.15) is 0 Å². The molecule has 252 valence electrons.